The van der Waals surface area contributed by atoms with Crippen LogP contribution in [-0.4, -0.2) is 66.4 Å². The van der Waals surface area contributed by atoms with Crippen molar-refractivity contribution in [3.05, 3.63) is 23.3 Å². The van der Waals surface area contributed by atoms with Crippen LogP contribution in [0.15, 0.2) is 17.1 Å². The highest BCUT2D eigenvalue weighted by Crippen LogP contribution is 2.37. The molecule has 3 aliphatic rings. The minimum Gasteiger partial charge on any atom is -0.535 e. The van der Waals surface area contributed by atoms with E-state index in [1.807, 2.05) is 6.07 Å². The topological polar surface area (TPSA) is 104 Å². The number of nitrogens with one attached hydrogen (secondary N) is 1. The molecule has 1 saturated heterocycles. The van der Waals surface area contributed by atoms with Crippen molar-refractivity contribution in [2.45, 2.75) is 18.8 Å². The average molecular weight is 368 g/mol. The zero-order valence-corrected chi connectivity index (χ0v) is 14.3. The third kappa shape index (κ3) is 3.34. The molecule has 4 rings (SSSR count). The number of halogens is 1. The number of ether oxygens (including phenoxy) is 1. The summed E-state index contributed by atoms with van der Waals surface area (Å²) in [6, 6.07) is 3.49. The van der Waals surface area contributed by atoms with Crippen molar-refractivity contribution in [1.82, 2.24) is 10.2 Å². The first kappa shape index (κ1) is 17.7. The second-order valence-electron chi connectivity index (χ2n) is 6.12. The predicted molar refractivity (Wildman–Crippen MR) is 94.1 cm³/mol. The number of likely N-dealkylation sites (tertiary alicyclic amines) is 1. The average Bonchev–Trinajstić information content (AvgIpc) is 3.03. The lowest BCUT2D eigenvalue weighted by Gasteiger charge is -2.40. The summed E-state index contributed by atoms with van der Waals surface area (Å²) in [5.41, 5.74) is 0.769. The third-order valence-corrected chi connectivity index (χ3v) is 4.43. The van der Waals surface area contributed by atoms with Gasteiger partial charge < -0.3 is 29.7 Å². The van der Waals surface area contributed by atoms with Crippen molar-refractivity contribution in [1.29, 1.82) is 0 Å². The first-order valence-corrected chi connectivity index (χ1v) is 8.05. The normalized spacial score (nSPS) is 19.0. The SMILES string of the molecule is Cl.O=C(O)c1c(OC2CN(C3=NCCN3)C2)ccc2c1OB(O)CC2. The summed E-state index contributed by atoms with van der Waals surface area (Å²) in [5.74, 6) is 0.261. The number of benzene rings is 1. The summed E-state index contributed by atoms with van der Waals surface area (Å²) in [4.78, 5) is 18.1. The lowest BCUT2D eigenvalue weighted by molar-refractivity contribution is 0.0588. The first-order valence-electron chi connectivity index (χ1n) is 8.05. The number of hydrogen-bond acceptors (Lipinski definition) is 7. The van der Waals surface area contributed by atoms with Gasteiger partial charge >= 0.3 is 13.1 Å². The summed E-state index contributed by atoms with van der Waals surface area (Å²) in [7, 11) is -0.975. The Labute approximate surface area is 151 Å². The van der Waals surface area contributed by atoms with E-state index in [4.69, 9.17) is 9.39 Å². The number of carboxylic acids is 1. The standard InChI is InChI=1S/C15H18BN3O5.ClH/c20-14(21)12-11(2-1-9-3-4-16(22)24-13(9)12)23-10-7-19(8-10)15-17-5-6-18-15;/h1-2,10,22H,3-8H2,(H,17,18)(H,20,21);1H. The van der Waals surface area contributed by atoms with Gasteiger partial charge in [-0.25, -0.2) is 4.79 Å². The van der Waals surface area contributed by atoms with Gasteiger partial charge in [-0.15, -0.1) is 12.4 Å². The van der Waals surface area contributed by atoms with Crippen molar-refractivity contribution < 1.29 is 24.3 Å². The second-order valence-corrected chi connectivity index (χ2v) is 6.12. The summed E-state index contributed by atoms with van der Waals surface area (Å²) < 4.78 is 11.2. The van der Waals surface area contributed by atoms with Gasteiger partial charge in [-0.2, -0.15) is 0 Å². The van der Waals surface area contributed by atoms with Crippen LogP contribution in [-0.2, 0) is 6.42 Å². The van der Waals surface area contributed by atoms with Crippen molar-refractivity contribution in [3.63, 3.8) is 0 Å². The molecule has 8 nitrogen and oxygen atoms in total. The molecular weight excluding hydrogens is 348 g/mol. The predicted octanol–water partition coefficient (Wildman–Crippen LogP) is 0.244. The molecule has 1 aromatic rings. The van der Waals surface area contributed by atoms with Gasteiger partial charge in [-0.3, -0.25) is 4.99 Å². The van der Waals surface area contributed by atoms with Crippen LogP contribution in [0.2, 0.25) is 6.32 Å². The summed E-state index contributed by atoms with van der Waals surface area (Å²) in [6.07, 6.45) is 0.943. The van der Waals surface area contributed by atoms with Gasteiger partial charge in [0, 0.05) is 6.54 Å². The quantitative estimate of drug-likeness (QED) is 0.658. The number of carboxylic acid groups (broad SMARTS) is 1. The Morgan fingerprint density at radius 1 is 1.44 bits per heavy atom. The van der Waals surface area contributed by atoms with E-state index < -0.39 is 13.1 Å². The Kier molecular flexibility index (Phi) is 4.96. The number of hydrogen-bond donors (Lipinski definition) is 3. The summed E-state index contributed by atoms with van der Waals surface area (Å²) >= 11 is 0. The molecule has 134 valence electrons. The molecule has 0 aromatic heterocycles. The first-order chi connectivity index (χ1) is 11.6. The fourth-order valence-electron chi connectivity index (χ4n) is 3.18. The third-order valence-electron chi connectivity index (χ3n) is 4.43. The van der Waals surface area contributed by atoms with Crippen LogP contribution < -0.4 is 14.7 Å². The van der Waals surface area contributed by atoms with Crippen molar-refractivity contribution in [3.8, 4) is 11.5 Å². The van der Waals surface area contributed by atoms with E-state index in [9.17, 15) is 14.9 Å². The van der Waals surface area contributed by atoms with Crippen LogP contribution in [0.25, 0.3) is 0 Å². The Hall–Kier alpha value is -2.13. The Bertz CT molecular complexity index is 711. The Balaban J connectivity index is 0.00000182. The van der Waals surface area contributed by atoms with Gasteiger partial charge in [0.25, 0.3) is 0 Å². The van der Waals surface area contributed by atoms with Crippen LogP contribution in [0.5, 0.6) is 11.5 Å². The van der Waals surface area contributed by atoms with Crippen molar-refractivity contribution >= 4 is 31.5 Å². The fourth-order valence-corrected chi connectivity index (χ4v) is 3.18. The van der Waals surface area contributed by atoms with Gasteiger partial charge in [0.05, 0.1) is 19.6 Å². The lowest BCUT2D eigenvalue weighted by Crippen LogP contribution is -2.58. The van der Waals surface area contributed by atoms with Crippen molar-refractivity contribution in [2.24, 2.45) is 4.99 Å². The largest absolute Gasteiger partial charge is 0.535 e. The van der Waals surface area contributed by atoms with Gasteiger partial charge in [-0.1, -0.05) is 6.07 Å². The number of rotatable bonds is 3. The number of nitrogens with zero attached hydrogens (tertiary/aromatic N) is 2. The van der Waals surface area contributed by atoms with Gasteiger partial charge in [0.1, 0.15) is 23.2 Å². The minimum atomic E-state index is -1.12. The van der Waals surface area contributed by atoms with E-state index in [0.717, 1.165) is 24.6 Å². The highest BCUT2D eigenvalue weighted by molar-refractivity contribution is 6.44. The Morgan fingerprint density at radius 2 is 2.24 bits per heavy atom. The summed E-state index contributed by atoms with van der Waals surface area (Å²) in [5, 5.41) is 22.4. The van der Waals surface area contributed by atoms with Crippen LogP contribution >= 0.6 is 12.4 Å². The molecule has 0 bridgehead atoms. The van der Waals surface area contributed by atoms with Gasteiger partial charge in [0.15, 0.2) is 5.96 Å². The highest BCUT2D eigenvalue weighted by atomic mass is 35.5. The molecular formula is C15H19BClN3O5. The summed E-state index contributed by atoms with van der Waals surface area (Å²) in [6.45, 7) is 2.95. The number of carbonyl (C=O) groups is 1. The molecule has 0 aliphatic carbocycles. The van der Waals surface area contributed by atoms with Crippen LogP contribution in [0.4, 0.5) is 0 Å². The van der Waals surface area contributed by atoms with E-state index in [1.54, 1.807) is 6.07 Å². The number of aryl methyl sites for hydroxylation is 1. The molecule has 1 aromatic carbocycles. The molecule has 0 atom stereocenters. The molecule has 3 N–H and O–H groups in total. The molecule has 0 unspecified atom stereocenters. The van der Waals surface area contributed by atoms with E-state index >= 15 is 0 Å². The fraction of sp³-hybridized carbons (Fsp3) is 0.467. The van der Waals surface area contributed by atoms with E-state index in [-0.39, 0.29) is 35.6 Å². The molecule has 10 heteroatoms. The van der Waals surface area contributed by atoms with Crippen LogP contribution in [0, 0.1) is 0 Å². The molecule has 0 spiro atoms. The molecule has 0 amide bonds. The van der Waals surface area contributed by atoms with E-state index in [1.165, 1.54) is 0 Å². The maximum absolute atomic E-state index is 11.7. The maximum atomic E-state index is 11.7. The smallest absolute Gasteiger partial charge is 0.522 e. The molecule has 1 fully saturated rings. The monoisotopic (exact) mass is 367 g/mol. The number of aliphatic imine (C=N–C) groups is 1. The number of guanidine groups is 1. The second kappa shape index (κ2) is 7.01. The van der Waals surface area contributed by atoms with E-state index in [0.29, 0.717) is 25.8 Å². The zero-order valence-electron chi connectivity index (χ0n) is 13.5. The molecule has 3 heterocycles. The van der Waals surface area contributed by atoms with Gasteiger partial charge in [-0.05, 0) is 24.4 Å². The Morgan fingerprint density at radius 3 is 2.92 bits per heavy atom. The van der Waals surface area contributed by atoms with Crippen molar-refractivity contribution in [2.75, 3.05) is 26.2 Å². The number of aromatic carboxylic acids is 1. The molecule has 0 radical (unpaired) electrons. The lowest BCUT2D eigenvalue weighted by atomic mass is 9.78. The maximum Gasteiger partial charge on any atom is 0.522 e. The molecule has 25 heavy (non-hydrogen) atoms. The number of fused-ring (bicyclic) bond motifs is 1. The van der Waals surface area contributed by atoms with E-state index in [2.05, 4.69) is 15.2 Å². The zero-order chi connectivity index (χ0) is 16.7. The highest BCUT2D eigenvalue weighted by Gasteiger charge is 2.35. The molecule has 3 aliphatic heterocycles. The van der Waals surface area contributed by atoms with Gasteiger partial charge in [0.2, 0.25) is 0 Å². The van der Waals surface area contributed by atoms with Crippen LogP contribution in [0.1, 0.15) is 15.9 Å². The molecule has 0 saturated carbocycles. The van der Waals surface area contributed by atoms with Crippen LogP contribution in [0.3, 0.4) is 0 Å². The minimum absolute atomic E-state index is 0.